The Labute approximate surface area is 143 Å². The first-order chi connectivity index (χ1) is 10.5. The third kappa shape index (κ3) is 5.48. The van der Waals surface area contributed by atoms with E-state index < -0.39 is 0 Å². The van der Waals surface area contributed by atoms with Crippen molar-refractivity contribution in [1.29, 1.82) is 0 Å². The number of rotatable bonds is 3. The van der Waals surface area contributed by atoms with Gasteiger partial charge in [0.15, 0.2) is 5.11 Å². The van der Waals surface area contributed by atoms with Gasteiger partial charge in [0.2, 0.25) is 0 Å². The number of thiocarbonyl (C=S) groups is 1. The van der Waals surface area contributed by atoms with Crippen LogP contribution in [0, 0.1) is 6.92 Å². The molecule has 0 aliphatic heterocycles. The summed E-state index contributed by atoms with van der Waals surface area (Å²) in [6, 6.07) is 11.1. The van der Waals surface area contributed by atoms with Gasteiger partial charge in [0.1, 0.15) is 0 Å². The molecule has 0 saturated heterocycles. The average Bonchev–Trinajstić information content (AvgIpc) is 2.89. The lowest BCUT2D eigenvalue weighted by Gasteiger charge is -2.10. The maximum absolute atomic E-state index is 11.7. The lowest BCUT2D eigenvalue weighted by Crippen LogP contribution is -2.43. The highest BCUT2D eigenvalue weighted by Gasteiger charge is 2.00. The highest BCUT2D eigenvalue weighted by atomic mass is 35.5. The van der Waals surface area contributed by atoms with Gasteiger partial charge in [-0.3, -0.25) is 15.6 Å². The Kier molecular flexibility index (Phi) is 5.94. The molecule has 1 heterocycles. The fourth-order valence-electron chi connectivity index (χ4n) is 1.59. The number of hydrogen-bond acceptors (Lipinski definition) is 3. The number of aryl methyl sites for hydroxylation is 1. The Morgan fingerprint density at radius 3 is 2.77 bits per heavy atom. The van der Waals surface area contributed by atoms with Crippen molar-refractivity contribution < 1.29 is 4.79 Å². The molecule has 1 amide bonds. The van der Waals surface area contributed by atoms with Gasteiger partial charge in [0, 0.05) is 26.5 Å². The van der Waals surface area contributed by atoms with E-state index in [4.69, 9.17) is 23.8 Å². The van der Waals surface area contributed by atoms with Gasteiger partial charge >= 0.3 is 0 Å². The van der Waals surface area contributed by atoms with Crippen LogP contribution in [0.2, 0.25) is 5.02 Å². The Bertz CT molecular complexity index is 712. The third-order valence-corrected chi connectivity index (χ3v) is 3.95. The summed E-state index contributed by atoms with van der Waals surface area (Å²) in [5.74, 6) is -0.290. The van der Waals surface area contributed by atoms with Crippen molar-refractivity contribution in [1.82, 2.24) is 10.9 Å². The molecule has 0 aliphatic carbocycles. The zero-order valence-electron chi connectivity index (χ0n) is 11.7. The van der Waals surface area contributed by atoms with Crippen LogP contribution >= 0.6 is 35.2 Å². The maximum Gasteiger partial charge on any atom is 0.262 e. The first-order valence-corrected chi connectivity index (χ1v) is 8.00. The molecule has 0 aliphatic rings. The predicted molar refractivity (Wildman–Crippen MR) is 97.0 cm³/mol. The van der Waals surface area contributed by atoms with E-state index in [2.05, 4.69) is 16.2 Å². The summed E-state index contributed by atoms with van der Waals surface area (Å²) in [5.41, 5.74) is 5.85. The van der Waals surface area contributed by atoms with Crippen LogP contribution in [-0.4, -0.2) is 11.0 Å². The van der Waals surface area contributed by atoms with Gasteiger partial charge in [-0.25, -0.2) is 0 Å². The summed E-state index contributed by atoms with van der Waals surface area (Å²) in [6.07, 6.45) is 3.20. The summed E-state index contributed by atoms with van der Waals surface area (Å²) >= 11 is 12.6. The number of amides is 1. The van der Waals surface area contributed by atoms with E-state index in [1.54, 1.807) is 35.6 Å². The number of anilines is 1. The van der Waals surface area contributed by atoms with Gasteiger partial charge in [0.25, 0.3) is 5.91 Å². The van der Waals surface area contributed by atoms with E-state index in [1.165, 1.54) is 11.0 Å². The molecule has 0 fully saturated rings. The van der Waals surface area contributed by atoms with Crippen LogP contribution in [-0.2, 0) is 4.79 Å². The molecular weight excluding hydrogens is 338 g/mol. The number of nitrogens with one attached hydrogen (secondary N) is 3. The molecule has 0 atom stereocenters. The van der Waals surface area contributed by atoms with Crippen LogP contribution in [0.15, 0.2) is 42.5 Å². The molecule has 1 aromatic carbocycles. The molecular formula is C15H14ClN3OS2. The van der Waals surface area contributed by atoms with Crippen molar-refractivity contribution in [2.24, 2.45) is 0 Å². The lowest BCUT2D eigenvalue weighted by molar-refractivity contribution is -0.116. The summed E-state index contributed by atoms with van der Waals surface area (Å²) in [4.78, 5) is 13.9. The van der Waals surface area contributed by atoms with Crippen molar-refractivity contribution in [2.45, 2.75) is 6.92 Å². The molecule has 4 nitrogen and oxygen atoms in total. The van der Waals surface area contributed by atoms with Gasteiger partial charge in [-0.1, -0.05) is 17.7 Å². The number of halogens is 1. The van der Waals surface area contributed by atoms with Crippen LogP contribution in [0.3, 0.4) is 0 Å². The average molecular weight is 352 g/mol. The predicted octanol–water partition coefficient (Wildman–Crippen LogP) is 3.74. The second-order valence-corrected chi connectivity index (χ2v) is 6.52. The molecule has 1 aromatic heterocycles. The highest BCUT2D eigenvalue weighted by molar-refractivity contribution is 7.80. The molecule has 22 heavy (non-hydrogen) atoms. The molecule has 7 heteroatoms. The smallest absolute Gasteiger partial charge is 0.262 e. The van der Waals surface area contributed by atoms with Gasteiger partial charge in [-0.2, -0.15) is 0 Å². The standard InChI is InChI=1S/C15H14ClN3OS2/c1-10-5-6-13(22-10)7-8-14(20)18-19-15(21)17-12-4-2-3-11(16)9-12/h2-9H,1H3,(H,18,20)(H2,17,19,21)/b8-7+. The quantitative estimate of drug-likeness (QED) is 0.448. The van der Waals surface area contributed by atoms with Gasteiger partial charge in [-0.15, -0.1) is 11.3 Å². The van der Waals surface area contributed by atoms with E-state index in [-0.39, 0.29) is 11.0 Å². The summed E-state index contributed by atoms with van der Waals surface area (Å²) in [6.45, 7) is 2.02. The van der Waals surface area contributed by atoms with Crippen LogP contribution in [0.1, 0.15) is 9.75 Å². The topological polar surface area (TPSA) is 53.2 Å². The van der Waals surface area contributed by atoms with E-state index in [9.17, 15) is 4.79 Å². The molecule has 0 radical (unpaired) electrons. The van der Waals surface area contributed by atoms with Crippen molar-refractivity contribution in [3.8, 4) is 0 Å². The highest BCUT2D eigenvalue weighted by Crippen LogP contribution is 2.16. The van der Waals surface area contributed by atoms with Crippen LogP contribution in [0.25, 0.3) is 6.08 Å². The second-order valence-electron chi connectivity index (χ2n) is 4.36. The van der Waals surface area contributed by atoms with Crippen molar-refractivity contribution in [3.05, 3.63) is 57.3 Å². The number of thiophene rings is 1. The van der Waals surface area contributed by atoms with Gasteiger partial charge < -0.3 is 5.32 Å². The number of carbonyl (C=O) groups is 1. The van der Waals surface area contributed by atoms with E-state index in [0.717, 1.165) is 10.6 Å². The Hall–Kier alpha value is -1.89. The Morgan fingerprint density at radius 2 is 2.09 bits per heavy atom. The zero-order valence-corrected chi connectivity index (χ0v) is 14.1. The third-order valence-electron chi connectivity index (χ3n) is 2.54. The maximum atomic E-state index is 11.7. The molecule has 114 valence electrons. The normalized spacial score (nSPS) is 10.5. The van der Waals surface area contributed by atoms with E-state index in [0.29, 0.717) is 5.02 Å². The molecule has 2 aromatic rings. The minimum Gasteiger partial charge on any atom is -0.331 e. The number of benzene rings is 1. The van der Waals surface area contributed by atoms with E-state index in [1.807, 2.05) is 25.1 Å². The van der Waals surface area contributed by atoms with Crippen LogP contribution < -0.4 is 16.2 Å². The van der Waals surface area contributed by atoms with E-state index >= 15 is 0 Å². The summed E-state index contributed by atoms with van der Waals surface area (Å²) in [7, 11) is 0. The lowest BCUT2D eigenvalue weighted by atomic mass is 10.3. The number of hydrogen-bond donors (Lipinski definition) is 3. The molecule has 0 saturated carbocycles. The summed E-state index contributed by atoms with van der Waals surface area (Å²) < 4.78 is 0. The van der Waals surface area contributed by atoms with Crippen LogP contribution in [0.5, 0.6) is 0 Å². The van der Waals surface area contributed by atoms with Gasteiger partial charge in [0.05, 0.1) is 0 Å². The molecule has 3 N–H and O–H groups in total. The monoisotopic (exact) mass is 351 g/mol. The minimum atomic E-state index is -0.290. The molecule has 0 bridgehead atoms. The fraction of sp³-hybridized carbons (Fsp3) is 0.0667. The SMILES string of the molecule is Cc1ccc(/C=C/C(=O)NNC(=S)Nc2cccc(Cl)c2)s1. The number of hydrazine groups is 1. The molecule has 2 rings (SSSR count). The Balaban J connectivity index is 1.78. The first-order valence-electron chi connectivity index (χ1n) is 6.40. The van der Waals surface area contributed by atoms with Crippen molar-refractivity contribution in [3.63, 3.8) is 0 Å². The first kappa shape index (κ1) is 16.5. The fourth-order valence-corrected chi connectivity index (χ4v) is 2.73. The summed E-state index contributed by atoms with van der Waals surface area (Å²) in [5, 5.41) is 3.79. The number of carbonyl (C=O) groups excluding carboxylic acids is 1. The van der Waals surface area contributed by atoms with Gasteiger partial charge in [-0.05, 0) is 55.5 Å². The molecule has 0 spiro atoms. The van der Waals surface area contributed by atoms with Crippen molar-refractivity contribution >= 4 is 57.9 Å². The van der Waals surface area contributed by atoms with Crippen molar-refractivity contribution in [2.75, 3.05) is 5.32 Å². The largest absolute Gasteiger partial charge is 0.331 e. The Morgan fingerprint density at radius 1 is 1.27 bits per heavy atom. The molecule has 0 unspecified atom stereocenters. The van der Waals surface area contributed by atoms with Crippen LogP contribution in [0.4, 0.5) is 5.69 Å². The second kappa shape index (κ2) is 7.93. The zero-order chi connectivity index (χ0) is 15.9. The minimum absolute atomic E-state index is 0.274.